The van der Waals surface area contributed by atoms with Crippen LogP contribution < -0.4 is 10.1 Å². The van der Waals surface area contributed by atoms with Crippen LogP contribution in [0.15, 0.2) is 36.8 Å². The molecule has 1 saturated heterocycles. The quantitative estimate of drug-likeness (QED) is 0.808. The summed E-state index contributed by atoms with van der Waals surface area (Å²) in [7, 11) is 0. The Morgan fingerprint density at radius 3 is 2.96 bits per heavy atom. The van der Waals surface area contributed by atoms with E-state index in [1.165, 1.54) is 0 Å². The molecule has 0 radical (unpaired) electrons. The lowest BCUT2D eigenvalue weighted by atomic mass is 10.1. The summed E-state index contributed by atoms with van der Waals surface area (Å²) >= 11 is 0. The molecular weight excluding hydrogens is 302 g/mol. The van der Waals surface area contributed by atoms with Crippen molar-refractivity contribution < 1.29 is 9.53 Å². The van der Waals surface area contributed by atoms with E-state index < -0.39 is 0 Å². The Balaban J connectivity index is 1.67. The molecule has 2 aromatic rings. The van der Waals surface area contributed by atoms with E-state index >= 15 is 0 Å². The zero-order valence-electron chi connectivity index (χ0n) is 14.0. The van der Waals surface area contributed by atoms with Crippen molar-refractivity contribution in [2.24, 2.45) is 0 Å². The first-order valence-corrected chi connectivity index (χ1v) is 8.53. The standard InChI is InChI=1S/C19H23N3O2/c1-2-18(23)4-3-16-9-14(5-7-21-16)15-10-19(12-20-11-15)24-13-17-6-8-22-17/h5,7,9-12,17,22H,2-4,6,8,13H2,1H3. The van der Waals surface area contributed by atoms with Gasteiger partial charge in [-0.1, -0.05) is 6.92 Å². The molecule has 0 amide bonds. The molecule has 24 heavy (non-hydrogen) atoms. The lowest BCUT2D eigenvalue weighted by molar-refractivity contribution is -0.118. The molecular formula is C19H23N3O2. The maximum atomic E-state index is 11.5. The first-order chi connectivity index (χ1) is 11.7. The fourth-order valence-corrected chi connectivity index (χ4v) is 2.58. The summed E-state index contributed by atoms with van der Waals surface area (Å²) in [6.45, 7) is 3.64. The number of hydrogen-bond donors (Lipinski definition) is 1. The van der Waals surface area contributed by atoms with Gasteiger partial charge < -0.3 is 10.1 Å². The van der Waals surface area contributed by atoms with Gasteiger partial charge in [0.05, 0.1) is 6.20 Å². The summed E-state index contributed by atoms with van der Waals surface area (Å²) in [6.07, 6.45) is 8.32. The largest absolute Gasteiger partial charge is 0.490 e. The molecule has 1 unspecified atom stereocenters. The van der Waals surface area contributed by atoms with Gasteiger partial charge >= 0.3 is 0 Å². The fraction of sp³-hybridized carbons (Fsp3) is 0.421. The predicted octanol–water partition coefficient (Wildman–Crippen LogP) is 2.80. The van der Waals surface area contributed by atoms with Crippen molar-refractivity contribution in [2.45, 2.75) is 38.6 Å². The van der Waals surface area contributed by atoms with Crippen molar-refractivity contribution in [1.29, 1.82) is 0 Å². The van der Waals surface area contributed by atoms with Crippen molar-refractivity contribution in [2.75, 3.05) is 13.2 Å². The van der Waals surface area contributed by atoms with Crippen LogP contribution in [0.5, 0.6) is 5.75 Å². The average molecular weight is 325 g/mol. The summed E-state index contributed by atoms with van der Waals surface area (Å²) in [5, 5.41) is 3.32. The SMILES string of the molecule is CCC(=O)CCc1cc(-c2cncc(OCC3CCN3)c2)ccn1. The second kappa shape index (κ2) is 8.02. The zero-order chi connectivity index (χ0) is 16.8. The van der Waals surface area contributed by atoms with E-state index in [0.717, 1.165) is 35.5 Å². The molecule has 1 N–H and O–H groups in total. The van der Waals surface area contributed by atoms with Gasteiger partial charge in [-0.3, -0.25) is 14.8 Å². The van der Waals surface area contributed by atoms with E-state index in [2.05, 4.69) is 15.3 Å². The molecule has 0 aromatic carbocycles. The molecule has 1 aliphatic rings. The van der Waals surface area contributed by atoms with Gasteiger partial charge in [0, 0.05) is 42.5 Å². The highest BCUT2D eigenvalue weighted by molar-refractivity contribution is 5.78. The lowest BCUT2D eigenvalue weighted by Crippen LogP contribution is -2.46. The van der Waals surface area contributed by atoms with E-state index in [-0.39, 0.29) is 5.78 Å². The van der Waals surface area contributed by atoms with Crippen LogP contribution in [0.25, 0.3) is 11.1 Å². The van der Waals surface area contributed by atoms with Crippen molar-refractivity contribution in [3.8, 4) is 16.9 Å². The summed E-state index contributed by atoms with van der Waals surface area (Å²) in [4.78, 5) is 20.1. The molecule has 0 spiro atoms. The van der Waals surface area contributed by atoms with Crippen molar-refractivity contribution in [3.05, 3.63) is 42.5 Å². The number of rotatable bonds is 8. The van der Waals surface area contributed by atoms with E-state index in [4.69, 9.17) is 4.74 Å². The maximum absolute atomic E-state index is 11.5. The minimum atomic E-state index is 0.267. The lowest BCUT2D eigenvalue weighted by Gasteiger charge is -2.27. The molecule has 126 valence electrons. The molecule has 0 bridgehead atoms. The number of hydrogen-bond acceptors (Lipinski definition) is 5. The Bertz CT molecular complexity index is 699. The van der Waals surface area contributed by atoms with E-state index in [1.807, 2.05) is 31.3 Å². The fourth-order valence-electron chi connectivity index (χ4n) is 2.58. The molecule has 5 nitrogen and oxygen atoms in total. The van der Waals surface area contributed by atoms with E-state index in [1.54, 1.807) is 12.4 Å². The third kappa shape index (κ3) is 4.38. The number of aromatic nitrogens is 2. The molecule has 0 saturated carbocycles. The van der Waals surface area contributed by atoms with Crippen LogP contribution in [-0.2, 0) is 11.2 Å². The number of nitrogens with zero attached hydrogens (tertiary/aromatic N) is 2. The van der Waals surface area contributed by atoms with Crippen molar-refractivity contribution in [1.82, 2.24) is 15.3 Å². The van der Waals surface area contributed by atoms with Crippen LogP contribution in [0.1, 0.15) is 31.9 Å². The van der Waals surface area contributed by atoms with Gasteiger partial charge in [0.15, 0.2) is 0 Å². The molecule has 5 heteroatoms. The first kappa shape index (κ1) is 16.6. The molecule has 0 aliphatic carbocycles. The highest BCUT2D eigenvalue weighted by Crippen LogP contribution is 2.23. The van der Waals surface area contributed by atoms with Crippen LogP contribution in [-0.4, -0.2) is 34.9 Å². The van der Waals surface area contributed by atoms with Crippen molar-refractivity contribution in [3.63, 3.8) is 0 Å². The van der Waals surface area contributed by atoms with Gasteiger partial charge in [-0.15, -0.1) is 0 Å². The minimum absolute atomic E-state index is 0.267. The summed E-state index contributed by atoms with van der Waals surface area (Å²) in [5.74, 6) is 1.05. The van der Waals surface area contributed by atoms with Crippen molar-refractivity contribution >= 4 is 5.78 Å². The van der Waals surface area contributed by atoms with E-state index in [0.29, 0.717) is 31.9 Å². The smallest absolute Gasteiger partial charge is 0.138 e. The second-order valence-electron chi connectivity index (χ2n) is 6.09. The highest BCUT2D eigenvalue weighted by atomic mass is 16.5. The molecule has 2 aromatic heterocycles. The molecule has 3 rings (SSSR count). The number of aryl methyl sites for hydroxylation is 1. The minimum Gasteiger partial charge on any atom is -0.490 e. The van der Waals surface area contributed by atoms with Gasteiger partial charge in [-0.2, -0.15) is 0 Å². The summed E-state index contributed by atoms with van der Waals surface area (Å²) in [6, 6.07) is 6.44. The third-order valence-corrected chi connectivity index (χ3v) is 4.29. The molecule has 1 atom stereocenters. The van der Waals surface area contributed by atoms with Crippen LogP contribution in [0.4, 0.5) is 0 Å². The third-order valence-electron chi connectivity index (χ3n) is 4.29. The maximum Gasteiger partial charge on any atom is 0.138 e. The monoisotopic (exact) mass is 325 g/mol. The molecule has 1 aliphatic heterocycles. The Morgan fingerprint density at radius 1 is 1.33 bits per heavy atom. The number of carbonyl (C=O) groups is 1. The van der Waals surface area contributed by atoms with Gasteiger partial charge in [0.25, 0.3) is 0 Å². The topological polar surface area (TPSA) is 64.1 Å². The highest BCUT2D eigenvalue weighted by Gasteiger charge is 2.16. The Hall–Kier alpha value is -2.27. The summed E-state index contributed by atoms with van der Waals surface area (Å²) < 4.78 is 5.81. The predicted molar refractivity (Wildman–Crippen MR) is 93.0 cm³/mol. The zero-order valence-corrected chi connectivity index (χ0v) is 14.0. The summed E-state index contributed by atoms with van der Waals surface area (Å²) in [5.41, 5.74) is 2.97. The number of carbonyl (C=O) groups excluding carboxylic acids is 1. The van der Waals surface area contributed by atoms with Gasteiger partial charge in [-0.05, 0) is 43.1 Å². The van der Waals surface area contributed by atoms with E-state index in [9.17, 15) is 4.79 Å². The van der Waals surface area contributed by atoms with Gasteiger partial charge in [0.1, 0.15) is 18.1 Å². The number of ketones is 1. The Labute approximate surface area is 142 Å². The Kier molecular flexibility index (Phi) is 5.54. The van der Waals surface area contributed by atoms with Crippen LogP contribution in [0.3, 0.4) is 0 Å². The van der Waals surface area contributed by atoms with Crippen LogP contribution in [0, 0.1) is 0 Å². The average Bonchev–Trinajstić information content (AvgIpc) is 2.59. The first-order valence-electron chi connectivity index (χ1n) is 8.53. The number of ether oxygens (including phenoxy) is 1. The number of pyridine rings is 2. The normalized spacial score (nSPS) is 16.5. The molecule has 3 heterocycles. The van der Waals surface area contributed by atoms with Gasteiger partial charge in [0.2, 0.25) is 0 Å². The van der Waals surface area contributed by atoms with Crippen LogP contribution in [0.2, 0.25) is 0 Å². The number of Topliss-reactive ketones (excluding diaryl/α,β-unsaturated/α-hetero) is 1. The van der Waals surface area contributed by atoms with Gasteiger partial charge in [-0.25, -0.2) is 0 Å². The Morgan fingerprint density at radius 2 is 2.21 bits per heavy atom. The second-order valence-corrected chi connectivity index (χ2v) is 6.09. The molecule has 1 fully saturated rings. The number of nitrogens with one attached hydrogen (secondary N) is 1. The van der Waals surface area contributed by atoms with Crippen LogP contribution >= 0.6 is 0 Å².